The summed E-state index contributed by atoms with van der Waals surface area (Å²) in [5.74, 6) is 0.112. The van der Waals surface area contributed by atoms with Crippen molar-refractivity contribution in [3.05, 3.63) is 27.7 Å². The second-order valence-corrected chi connectivity index (χ2v) is 10.8. The Morgan fingerprint density at radius 3 is 2.50 bits per heavy atom. The average Bonchev–Trinajstić information content (AvgIpc) is 3.08. The molecule has 2 unspecified atom stereocenters. The normalized spacial score (nSPS) is 24.6. The fourth-order valence-electron chi connectivity index (χ4n) is 4.60. The second kappa shape index (κ2) is 9.91. The number of nitrogens with zero attached hydrogens (tertiary/aromatic N) is 2. The number of rotatable bonds is 4. The van der Waals surface area contributed by atoms with Crippen molar-refractivity contribution in [2.75, 3.05) is 20.3 Å². The van der Waals surface area contributed by atoms with Crippen molar-refractivity contribution in [1.29, 1.82) is 0 Å². The van der Waals surface area contributed by atoms with Crippen LogP contribution in [0.4, 0.5) is 4.79 Å². The van der Waals surface area contributed by atoms with E-state index in [2.05, 4.69) is 0 Å². The first-order valence-electron chi connectivity index (χ1n) is 11.2. The fourth-order valence-corrected chi connectivity index (χ4v) is 5.08. The van der Waals surface area contributed by atoms with Crippen LogP contribution in [0.1, 0.15) is 58.9 Å². The number of methoxy groups -OCH3 is 1. The number of ether oxygens (including phenoxy) is 3. The van der Waals surface area contributed by atoms with E-state index in [9.17, 15) is 14.4 Å². The number of carbonyl (C=O) groups is 3. The summed E-state index contributed by atoms with van der Waals surface area (Å²) in [5, 5.41) is 0.787. The molecule has 34 heavy (non-hydrogen) atoms. The van der Waals surface area contributed by atoms with Crippen LogP contribution in [-0.4, -0.2) is 71.8 Å². The lowest BCUT2D eigenvalue weighted by molar-refractivity contribution is -0.143. The van der Waals surface area contributed by atoms with Gasteiger partial charge in [-0.05, 0) is 65.5 Å². The number of hydrogen-bond acceptors (Lipinski definition) is 6. The molecular weight excluding hydrogens is 483 g/mol. The molecule has 2 aliphatic heterocycles. The number of hydrogen-bond donors (Lipinski definition) is 0. The maximum Gasteiger partial charge on any atom is 0.413 e. The van der Waals surface area contributed by atoms with Crippen LogP contribution in [0, 0.1) is 0 Å². The molecule has 3 atom stereocenters. The van der Waals surface area contributed by atoms with Gasteiger partial charge in [-0.25, -0.2) is 4.79 Å². The van der Waals surface area contributed by atoms with Gasteiger partial charge in [0.05, 0.1) is 29.8 Å². The van der Waals surface area contributed by atoms with Gasteiger partial charge in [0.15, 0.2) is 0 Å². The van der Waals surface area contributed by atoms with Crippen LogP contribution < -0.4 is 4.74 Å². The van der Waals surface area contributed by atoms with Gasteiger partial charge in [-0.1, -0.05) is 23.2 Å². The summed E-state index contributed by atoms with van der Waals surface area (Å²) in [6.07, 6.45) is 1.03. The van der Waals surface area contributed by atoms with Crippen LogP contribution >= 0.6 is 23.2 Å². The molecule has 10 heteroatoms. The van der Waals surface area contributed by atoms with Gasteiger partial charge in [-0.3, -0.25) is 9.69 Å². The number of benzene rings is 1. The van der Waals surface area contributed by atoms with E-state index in [0.29, 0.717) is 35.2 Å². The molecule has 2 saturated heterocycles. The summed E-state index contributed by atoms with van der Waals surface area (Å²) >= 11 is 12.7. The summed E-state index contributed by atoms with van der Waals surface area (Å²) in [6, 6.07) is 1.81. The highest BCUT2D eigenvalue weighted by atomic mass is 35.5. The quantitative estimate of drug-likeness (QED) is 0.543. The minimum absolute atomic E-state index is 0.0184. The summed E-state index contributed by atoms with van der Waals surface area (Å²) in [4.78, 5) is 41.5. The van der Waals surface area contributed by atoms with E-state index < -0.39 is 29.5 Å². The maximum atomic E-state index is 13.6. The summed E-state index contributed by atoms with van der Waals surface area (Å²) in [7, 11) is 1.55. The Bertz CT molecular complexity index is 962. The van der Waals surface area contributed by atoms with E-state index in [0.717, 1.165) is 11.8 Å². The van der Waals surface area contributed by atoms with Crippen molar-refractivity contribution < 1.29 is 28.6 Å². The van der Waals surface area contributed by atoms with Gasteiger partial charge in [0.25, 0.3) is 0 Å². The monoisotopic (exact) mass is 514 g/mol. The van der Waals surface area contributed by atoms with Crippen LogP contribution in [-0.2, 0) is 19.1 Å². The van der Waals surface area contributed by atoms with Gasteiger partial charge in [0.1, 0.15) is 29.4 Å². The van der Waals surface area contributed by atoms with E-state index >= 15 is 0 Å². The molecule has 0 bridgehead atoms. The Morgan fingerprint density at radius 2 is 1.91 bits per heavy atom. The van der Waals surface area contributed by atoms with Gasteiger partial charge in [0.2, 0.25) is 5.91 Å². The molecule has 2 aliphatic rings. The minimum Gasteiger partial charge on any atom is -0.496 e. The summed E-state index contributed by atoms with van der Waals surface area (Å²) in [6.45, 7) is 9.01. The molecule has 0 spiro atoms. The third-order valence-electron chi connectivity index (χ3n) is 6.17. The lowest BCUT2D eigenvalue weighted by Gasteiger charge is -2.41. The first-order chi connectivity index (χ1) is 15.8. The van der Waals surface area contributed by atoms with Gasteiger partial charge in [-0.15, -0.1) is 0 Å². The van der Waals surface area contributed by atoms with Crippen LogP contribution in [0.3, 0.4) is 0 Å². The van der Waals surface area contributed by atoms with E-state index in [1.165, 1.54) is 9.80 Å². The molecule has 1 aromatic carbocycles. The van der Waals surface area contributed by atoms with Crippen LogP contribution in [0.25, 0.3) is 0 Å². The molecule has 2 heterocycles. The molecule has 0 aliphatic carbocycles. The maximum absolute atomic E-state index is 13.6. The summed E-state index contributed by atoms with van der Waals surface area (Å²) in [5.41, 5.74) is -1.03. The fraction of sp³-hybridized carbons (Fsp3) is 0.625. The zero-order valence-corrected chi connectivity index (χ0v) is 21.9. The molecular formula is C24H32Cl2N2O6. The molecule has 1 aromatic rings. The Labute approximate surface area is 210 Å². The predicted octanol–water partition coefficient (Wildman–Crippen LogP) is 4.65. The Morgan fingerprint density at radius 1 is 1.24 bits per heavy atom. The van der Waals surface area contributed by atoms with Gasteiger partial charge in [-0.2, -0.15) is 0 Å². The molecule has 0 radical (unpaired) electrons. The Kier molecular flexibility index (Phi) is 7.75. The van der Waals surface area contributed by atoms with Crippen molar-refractivity contribution in [3.8, 4) is 5.75 Å². The van der Waals surface area contributed by atoms with Crippen molar-refractivity contribution in [2.24, 2.45) is 0 Å². The van der Waals surface area contributed by atoms with E-state index in [-0.39, 0.29) is 18.4 Å². The zero-order chi connectivity index (χ0) is 25.4. The number of piperidine rings is 1. The van der Waals surface area contributed by atoms with E-state index in [4.69, 9.17) is 37.4 Å². The molecule has 8 nitrogen and oxygen atoms in total. The third kappa shape index (κ3) is 5.29. The van der Waals surface area contributed by atoms with Gasteiger partial charge in [0, 0.05) is 12.1 Å². The number of halogens is 2. The Hall–Kier alpha value is -2.03. The van der Waals surface area contributed by atoms with E-state index in [1.807, 2.05) is 0 Å². The smallest absolute Gasteiger partial charge is 0.413 e. The van der Waals surface area contributed by atoms with Crippen LogP contribution in [0.15, 0.2) is 12.1 Å². The lowest BCUT2D eigenvalue weighted by atomic mass is 9.84. The van der Waals surface area contributed by atoms with Crippen molar-refractivity contribution in [3.63, 3.8) is 0 Å². The minimum atomic E-state index is -1.03. The van der Waals surface area contributed by atoms with E-state index in [1.54, 1.807) is 53.9 Å². The largest absolute Gasteiger partial charge is 0.496 e. The molecule has 0 saturated carbocycles. The predicted molar refractivity (Wildman–Crippen MR) is 128 cm³/mol. The van der Waals surface area contributed by atoms with Crippen molar-refractivity contribution >= 4 is 41.5 Å². The molecule has 188 valence electrons. The molecule has 0 aromatic heterocycles. The SMILES string of the molecule is COc1ccc(Cl)c(Cl)c1C1CCN(C(=O)[C@H]2COC(C)(C)N2C(=O)OC(C)(C)C)C(C=O)C1. The first kappa shape index (κ1) is 26.6. The molecule has 0 N–H and O–H groups in total. The van der Waals surface area contributed by atoms with Crippen LogP contribution in [0.2, 0.25) is 10.0 Å². The van der Waals surface area contributed by atoms with Gasteiger partial charge < -0.3 is 23.9 Å². The lowest BCUT2D eigenvalue weighted by Crippen LogP contribution is -2.58. The highest BCUT2D eigenvalue weighted by Gasteiger charge is 2.51. The van der Waals surface area contributed by atoms with Crippen LogP contribution in [0.5, 0.6) is 5.75 Å². The molecule has 2 amide bonds. The Balaban J connectivity index is 1.84. The third-order valence-corrected chi connectivity index (χ3v) is 6.99. The molecule has 3 rings (SSSR count). The summed E-state index contributed by atoms with van der Waals surface area (Å²) < 4.78 is 16.8. The number of likely N-dealkylation sites (tertiary alicyclic amines) is 1. The highest BCUT2D eigenvalue weighted by Crippen LogP contribution is 2.43. The average molecular weight is 515 g/mol. The standard InChI is InChI=1S/C24H32Cl2N2O6/c1-23(2,3)34-22(31)28-17(13-33-24(28,4)5)21(30)27-10-9-14(11-15(27)12-29)19-18(32-6)8-7-16(25)20(19)26/h7-8,12,14-15,17H,9-11,13H2,1-6H3/t14?,15?,17-/m1/s1. The zero-order valence-electron chi connectivity index (χ0n) is 20.4. The highest BCUT2D eigenvalue weighted by molar-refractivity contribution is 6.42. The number of amides is 2. The first-order valence-corrected chi connectivity index (χ1v) is 12.0. The number of carbonyl (C=O) groups excluding carboxylic acids is 3. The topological polar surface area (TPSA) is 85.4 Å². The molecule has 2 fully saturated rings. The van der Waals surface area contributed by atoms with Gasteiger partial charge >= 0.3 is 6.09 Å². The van der Waals surface area contributed by atoms with Crippen molar-refractivity contribution in [1.82, 2.24) is 9.80 Å². The number of aldehydes is 1. The van der Waals surface area contributed by atoms with Crippen molar-refractivity contribution in [2.45, 2.75) is 76.8 Å². The second-order valence-electron chi connectivity index (χ2n) is 10.1.